The highest BCUT2D eigenvalue weighted by molar-refractivity contribution is 5.91. The van der Waals surface area contributed by atoms with Gasteiger partial charge in [-0.15, -0.1) is 0 Å². The first kappa shape index (κ1) is 31.9. The summed E-state index contributed by atoms with van der Waals surface area (Å²) in [6.45, 7) is 5.45. The van der Waals surface area contributed by atoms with Crippen molar-refractivity contribution in [1.29, 1.82) is 0 Å². The smallest absolute Gasteiger partial charge is 0.407 e. The second-order valence-corrected chi connectivity index (χ2v) is 10.9. The van der Waals surface area contributed by atoms with Gasteiger partial charge in [0.25, 0.3) is 0 Å². The second kappa shape index (κ2) is 14.3. The number of hydrogen-bond acceptors (Lipinski definition) is 7. The standard InChI is InChI=1S/C30H37N3O9/c1-30(2,3)42-28(39)31-15-9-8-14-23(26(36)32-24(27(37)38)16-25(34)35)33-29(40)41-17-22-20-12-6-4-10-18(20)19-11-5-7-13-21(19)22/h4-7,10-13,22-24H,8-9,14-17H2,1-3H3,(H,31,39)(H,32,36)(H,33,40)(H,34,35)(H,37,38)/t23-,24-/m0/s1. The van der Waals surface area contributed by atoms with E-state index in [0.717, 1.165) is 22.3 Å². The number of carbonyl (C=O) groups excluding carboxylic acids is 3. The lowest BCUT2D eigenvalue weighted by Crippen LogP contribution is -2.52. The van der Waals surface area contributed by atoms with E-state index in [1.165, 1.54) is 0 Å². The zero-order valence-corrected chi connectivity index (χ0v) is 23.8. The third-order valence-corrected chi connectivity index (χ3v) is 6.53. The van der Waals surface area contributed by atoms with Crippen molar-refractivity contribution in [2.24, 2.45) is 0 Å². The Bertz CT molecular complexity index is 1260. The molecule has 2 atom stereocenters. The lowest BCUT2D eigenvalue weighted by atomic mass is 9.98. The van der Waals surface area contributed by atoms with E-state index in [-0.39, 0.29) is 25.5 Å². The molecule has 0 radical (unpaired) electrons. The van der Waals surface area contributed by atoms with Gasteiger partial charge in [-0.2, -0.15) is 0 Å². The van der Waals surface area contributed by atoms with Gasteiger partial charge in [0, 0.05) is 12.5 Å². The van der Waals surface area contributed by atoms with Gasteiger partial charge in [0.15, 0.2) is 0 Å². The van der Waals surface area contributed by atoms with Gasteiger partial charge in [-0.05, 0) is 62.3 Å². The van der Waals surface area contributed by atoms with E-state index in [0.29, 0.717) is 12.8 Å². The minimum absolute atomic E-state index is 0.00473. The van der Waals surface area contributed by atoms with Gasteiger partial charge in [0.2, 0.25) is 5.91 Å². The third kappa shape index (κ3) is 9.22. The van der Waals surface area contributed by atoms with Crippen molar-refractivity contribution in [1.82, 2.24) is 16.0 Å². The summed E-state index contributed by atoms with van der Waals surface area (Å²) in [5.74, 6) is -4.00. The third-order valence-electron chi connectivity index (χ3n) is 6.53. The minimum Gasteiger partial charge on any atom is -0.481 e. The number of fused-ring (bicyclic) bond motifs is 3. The van der Waals surface area contributed by atoms with Crippen LogP contribution in [0.2, 0.25) is 0 Å². The van der Waals surface area contributed by atoms with E-state index in [2.05, 4.69) is 16.0 Å². The van der Waals surface area contributed by atoms with Gasteiger partial charge in [-0.25, -0.2) is 14.4 Å². The molecule has 0 aliphatic heterocycles. The Labute approximate surface area is 243 Å². The van der Waals surface area contributed by atoms with Crippen LogP contribution in [0.3, 0.4) is 0 Å². The molecule has 12 heteroatoms. The highest BCUT2D eigenvalue weighted by Gasteiger charge is 2.31. The fourth-order valence-electron chi connectivity index (χ4n) is 4.68. The van der Waals surface area contributed by atoms with E-state index in [4.69, 9.17) is 14.6 Å². The highest BCUT2D eigenvalue weighted by Crippen LogP contribution is 2.44. The van der Waals surface area contributed by atoms with Crippen molar-refractivity contribution in [2.75, 3.05) is 13.2 Å². The molecule has 12 nitrogen and oxygen atoms in total. The van der Waals surface area contributed by atoms with E-state index >= 15 is 0 Å². The first-order valence-corrected chi connectivity index (χ1v) is 13.7. The number of aliphatic carboxylic acids is 2. The van der Waals surface area contributed by atoms with E-state index in [1.54, 1.807) is 20.8 Å². The van der Waals surface area contributed by atoms with Crippen LogP contribution in [-0.2, 0) is 23.9 Å². The number of rotatable bonds is 13. The van der Waals surface area contributed by atoms with E-state index in [9.17, 15) is 29.1 Å². The molecular formula is C30H37N3O9. The van der Waals surface area contributed by atoms with Crippen molar-refractivity contribution >= 4 is 30.0 Å². The number of unbranched alkanes of at least 4 members (excludes halogenated alkanes) is 1. The molecule has 226 valence electrons. The molecular weight excluding hydrogens is 546 g/mol. The Balaban J connectivity index is 1.62. The van der Waals surface area contributed by atoms with Crippen molar-refractivity contribution in [2.45, 2.75) is 70.1 Å². The molecule has 0 saturated heterocycles. The van der Waals surface area contributed by atoms with Gasteiger partial charge in [-0.3, -0.25) is 9.59 Å². The number of nitrogens with one attached hydrogen (secondary N) is 3. The number of ether oxygens (including phenoxy) is 2. The predicted octanol–water partition coefficient (Wildman–Crippen LogP) is 3.63. The fourth-order valence-corrected chi connectivity index (χ4v) is 4.68. The molecule has 0 heterocycles. The first-order chi connectivity index (χ1) is 19.9. The second-order valence-electron chi connectivity index (χ2n) is 10.9. The lowest BCUT2D eigenvalue weighted by molar-refractivity contribution is -0.147. The number of alkyl carbamates (subject to hydrolysis) is 2. The van der Waals surface area contributed by atoms with Crippen LogP contribution in [-0.4, -0.2) is 71.1 Å². The van der Waals surface area contributed by atoms with E-state index < -0.39 is 54.1 Å². The molecule has 0 fully saturated rings. The van der Waals surface area contributed by atoms with Crippen LogP contribution in [0.15, 0.2) is 48.5 Å². The normalized spacial score (nSPS) is 13.6. The summed E-state index contributed by atoms with van der Waals surface area (Å²) < 4.78 is 10.7. The molecule has 1 aliphatic carbocycles. The number of benzene rings is 2. The van der Waals surface area contributed by atoms with Crippen LogP contribution in [0.4, 0.5) is 9.59 Å². The SMILES string of the molecule is CC(C)(C)OC(=O)NCCCC[C@H](NC(=O)OCC1c2ccccc2-c2ccccc21)C(=O)N[C@@H](CC(=O)O)C(=O)O. The average molecular weight is 584 g/mol. The molecule has 2 aromatic rings. The highest BCUT2D eigenvalue weighted by atomic mass is 16.6. The maximum absolute atomic E-state index is 13.0. The van der Waals surface area contributed by atoms with Crippen molar-refractivity contribution in [3.05, 3.63) is 59.7 Å². The topological polar surface area (TPSA) is 180 Å². The molecule has 0 aromatic heterocycles. The molecule has 5 N–H and O–H groups in total. The molecule has 0 spiro atoms. The number of carboxylic acid groups (broad SMARTS) is 2. The maximum atomic E-state index is 13.0. The largest absolute Gasteiger partial charge is 0.481 e. The van der Waals surface area contributed by atoms with Crippen molar-refractivity contribution in [3.8, 4) is 11.1 Å². The average Bonchev–Trinajstić information content (AvgIpc) is 3.23. The summed E-state index contributed by atoms with van der Waals surface area (Å²) in [5, 5.41) is 25.6. The fraction of sp³-hybridized carbons (Fsp3) is 0.433. The molecule has 3 rings (SSSR count). The molecule has 0 saturated carbocycles. The number of hydrogen-bond donors (Lipinski definition) is 5. The Kier molecular flexibility index (Phi) is 10.9. The monoisotopic (exact) mass is 583 g/mol. The van der Waals surface area contributed by atoms with Gasteiger partial charge >= 0.3 is 24.1 Å². The van der Waals surface area contributed by atoms with Gasteiger partial charge in [-0.1, -0.05) is 48.5 Å². The van der Waals surface area contributed by atoms with Crippen LogP contribution in [0, 0.1) is 0 Å². The van der Waals surface area contributed by atoms with Crippen LogP contribution in [0.25, 0.3) is 11.1 Å². The summed E-state index contributed by atoms with van der Waals surface area (Å²) >= 11 is 0. The molecule has 0 unspecified atom stereocenters. The number of carbonyl (C=O) groups is 5. The Morgan fingerprint density at radius 3 is 1.98 bits per heavy atom. The summed E-state index contributed by atoms with van der Waals surface area (Å²) in [7, 11) is 0. The van der Waals surface area contributed by atoms with Gasteiger partial charge in [0.05, 0.1) is 6.42 Å². The number of amides is 3. The van der Waals surface area contributed by atoms with Crippen molar-refractivity contribution in [3.63, 3.8) is 0 Å². The maximum Gasteiger partial charge on any atom is 0.407 e. The molecule has 0 bridgehead atoms. The van der Waals surface area contributed by atoms with Crippen molar-refractivity contribution < 1.29 is 43.7 Å². The van der Waals surface area contributed by atoms with E-state index in [1.807, 2.05) is 48.5 Å². The molecule has 2 aromatic carbocycles. The zero-order valence-electron chi connectivity index (χ0n) is 23.8. The summed E-state index contributed by atoms with van der Waals surface area (Å²) in [6, 6.07) is 12.7. The lowest BCUT2D eigenvalue weighted by Gasteiger charge is -2.22. The molecule has 3 amide bonds. The Morgan fingerprint density at radius 2 is 1.43 bits per heavy atom. The predicted molar refractivity (Wildman–Crippen MR) is 152 cm³/mol. The minimum atomic E-state index is -1.68. The van der Waals surface area contributed by atoms with Gasteiger partial charge < -0.3 is 35.6 Å². The van der Waals surface area contributed by atoms with Gasteiger partial charge in [0.1, 0.15) is 24.3 Å². The first-order valence-electron chi connectivity index (χ1n) is 13.7. The van der Waals surface area contributed by atoms with Crippen LogP contribution in [0.5, 0.6) is 0 Å². The number of carboxylic acids is 2. The molecule has 1 aliphatic rings. The Hall–Kier alpha value is -4.61. The quantitative estimate of drug-likeness (QED) is 0.220. The molecule has 42 heavy (non-hydrogen) atoms. The van der Waals surface area contributed by atoms with Crippen LogP contribution in [0.1, 0.15) is 63.5 Å². The zero-order chi connectivity index (χ0) is 30.9. The summed E-state index contributed by atoms with van der Waals surface area (Å²) in [6.07, 6.45) is -1.45. The Morgan fingerprint density at radius 1 is 0.833 bits per heavy atom. The van der Waals surface area contributed by atoms with Crippen LogP contribution >= 0.6 is 0 Å². The summed E-state index contributed by atoms with van der Waals surface area (Å²) in [4.78, 5) is 60.2. The van der Waals surface area contributed by atoms with Crippen LogP contribution < -0.4 is 16.0 Å². The summed E-state index contributed by atoms with van der Waals surface area (Å²) in [5.41, 5.74) is 3.47.